The van der Waals surface area contributed by atoms with Gasteiger partial charge in [-0.1, -0.05) is 28.1 Å². The summed E-state index contributed by atoms with van der Waals surface area (Å²) >= 11 is 3.45. The summed E-state index contributed by atoms with van der Waals surface area (Å²) in [4.78, 5) is 0. The highest BCUT2D eigenvalue weighted by Gasteiger charge is 2.11. The molecular weight excluding hydrogens is 264 g/mol. The second-order valence-electron chi connectivity index (χ2n) is 4.47. The van der Waals surface area contributed by atoms with Gasteiger partial charge in [-0.05, 0) is 56.1 Å². The zero-order valence-electron chi connectivity index (χ0n) is 9.51. The summed E-state index contributed by atoms with van der Waals surface area (Å²) in [5.41, 5.74) is 1.35. The number of hydrogen-bond donors (Lipinski definition) is 2. The van der Waals surface area contributed by atoms with Crippen molar-refractivity contribution in [1.82, 2.24) is 10.6 Å². The fraction of sp³-hybridized carbons (Fsp3) is 0.538. The lowest BCUT2D eigenvalue weighted by Crippen LogP contribution is -2.35. The summed E-state index contributed by atoms with van der Waals surface area (Å²) in [6.45, 7) is 4.48. The van der Waals surface area contributed by atoms with Crippen molar-refractivity contribution in [2.24, 2.45) is 5.92 Å². The minimum Gasteiger partial charge on any atom is -0.316 e. The highest BCUT2D eigenvalue weighted by Crippen LogP contribution is 2.11. The van der Waals surface area contributed by atoms with Crippen LogP contribution in [-0.2, 0) is 6.54 Å². The van der Waals surface area contributed by atoms with E-state index >= 15 is 0 Å². The zero-order valence-corrected chi connectivity index (χ0v) is 11.1. The Bertz CT molecular complexity index is 304. The lowest BCUT2D eigenvalue weighted by molar-refractivity contribution is 0.360. The van der Waals surface area contributed by atoms with Gasteiger partial charge in [0.2, 0.25) is 0 Å². The minimum atomic E-state index is 0.809. The van der Waals surface area contributed by atoms with Crippen molar-refractivity contribution in [3.8, 4) is 0 Å². The van der Waals surface area contributed by atoms with E-state index < -0.39 is 0 Å². The number of piperidine rings is 1. The highest BCUT2D eigenvalue weighted by molar-refractivity contribution is 9.10. The number of rotatable bonds is 4. The molecule has 0 saturated carbocycles. The molecule has 1 heterocycles. The molecule has 1 fully saturated rings. The summed E-state index contributed by atoms with van der Waals surface area (Å²) in [5, 5.41) is 6.98. The molecule has 1 aromatic carbocycles. The fourth-order valence-corrected chi connectivity index (χ4v) is 2.39. The van der Waals surface area contributed by atoms with Crippen molar-refractivity contribution < 1.29 is 0 Å². The van der Waals surface area contributed by atoms with Gasteiger partial charge in [0.25, 0.3) is 0 Å². The topological polar surface area (TPSA) is 24.1 Å². The van der Waals surface area contributed by atoms with Crippen LogP contribution in [-0.4, -0.2) is 19.6 Å². The Kier molecular flexibility index (Phi) is 4.82. The third-order valence-electron chi connectivity index (χ3n) is 3.07. The molecule has 0 spiro atoms. The normalized spacial score (nSPS) is 20.9. The van der Waals surface area contributed by atoms with Crippen LogP contribution in [0.2, 0.25) is 0 Å². The van der Waals surface area contributed by atoms with Crippen LogP contribution in [0.25, 0.3) is 0 Å². The maximum atomic E-state index is 3.54. The summed E-state index contributed by atoms with van der Waals surface area (Å²) in [6.07, 6.45) is 2.69. The van der Waals surface area contributed by atoms with Crippen LogP contribution in [0.3, 0.4) is 0 Å². The van der Waals surface area contributed by atoms with Crippen molar-refractivity contribution in [1.29, 1.82) is 0 Å². The van der Waals surface area contributed by atoms with Crippen LogP contribution in [0.4, 0.5) is 0 Å². The van der Waals surface area contributed by atoms with E-state index in [0.29, 0.717) is 0 Å². The Labute approximate surface area is 106 Å². The van der Waals surface area contributed by atoms with E-state index in [-0.39, 0.29) is 0 Å². The number of halogens is 1. The van der Waals surface area contributed by atoms with Gasteiger partial charge in [-0.3, -0.25) is 0 Å². The molecule has 0 aromatic heterocycles. The molecule has 1 unspecified atom stereocenters. The predicted molar refractivity (Wildman–Crippen MR) is 71.4 cm³/mol. The molecular formula is C13H19BrN2. The predicted octanol–water partition coefficient (Wildman–Crippen LogP) is 2.54. The molecule has 1 saturated heterocycles. The molecule has 0 amide bonds. The smallest absolute Gasteiger partial charge is 0.0205 e. The van der Waals surface area contributed by atoms with Crippen molar-refractivity contribution in [2.75, 3.05) is 19.6 Å². The van der Waals surface area contributed by atoms with E-state index in [4.69, 9.17) is 0 Å². The van der Waals surface area contributed by atoms with E-state index in [1.54, 1.807) is 0 Å². The van der Waals surface area contributed by atoms with Gasteiger partial charge in [-0.2, -0.15) is 0 Å². The van der Waals surface area contributed by atoms with E-state index in [9.17, 15) is 0 Å². The highest BCUT2D eigenvalue weighted by atomic mass is 79.9. The Hall–Kier alpha value is -0.380. The van der Waals surface area contributed by atoms with E-state index in [2.05, 4.69) is 50.8 Å². The average molecular weight is 283 g/mol. The third kappa shape index (κ3) is 3.89. The van der Waals surface area contributed by atoms with Crippen LogP contribution < -0.4 is 10.6 Å². The van der Waals surface area contributed by atoms with Gasteiger partial charge < -0.3 is 10.6 Å². The monoisotopic (exact) mass is 282 g/mol. The fourth-order valence-electron chi connectivity index (χ4n) is 2.12. The van der Waals surface area contributed by atoms with Crippen molar-refractivity contribution in [3.63, 3.8) is 0 Å². The molecule has 88 valence electrons. The van der Waals surface area contributed by atoms with Crippen LogP contribution in [0.1, 0.15) is 18.4 Å². The van der Waals surface area contributed by atoms with E-state index in [0.717, 1.165) is 23.5 Å². The standard InChI is InChI=1S/C13H19BrN2/c14-13-5-3-11(4-6-13)8-16-10-12-2-1-7-15-9-12/h3-6,12,15-16H,1-2,7-10H2. The van der Waals surface area contributed by atoms with Gasteiger partial charge in [-0.15, -0.1) is 0 Å². The quantitative estimate of drug-likeness (QED) is 0.887. The molecule has 2 nitrogen and oxygen atoms in total. The summed E-state index contributed by atoms with van der Waals surface area (Å²) in [5.74, 6) is 0.809. The molecule has 1 aliphatic heterocycles. The molecule has 1 atom stereocenters. The van der Waals surface area contributed by atoms with Crippen LogP contribution in [0, 0.1) is 5.92 Å². The lowest BCUT2D eigenvalue weighted by atomic mass is 10.00. The second kappa shape index (κ2) is 6.38. The Morgan fingerprint density at radius 3 is 2.81 bits per heavy atom. The van der Waals surface area contributed by atoms with Crippen molar-refractivity contribution in [2.45, 2.75) is 19.4 Å². The molecule has 16 heavy (non-hydrogen) atoms. The first-order valence-corrected chi connectivity index (χ1v) is 6.80. The minimum absolute atomic E-state index is 0.809. The molecule has 3 heteroatoms. The molecule has 2 rings (SSSR count). The van der Waals surface area contributed by atoms with Gasteiger partial charge in [0.1, 0.15) is 0 Å². The summed E-state index contributed by atoms with van der Waals surface area (Å²) < 4.78 is 1.15. The maximum Gasteiger partial charge on any atom is 0.0205 e. The van der Waals surface area contributed by atoms with Gasteiger partial charge in [0.05, 0.1) is 0 Å². The van der Waals surface area contributed by atoms with Crippen molar-refractivity contribution >= 4 is 15.9 Å². The van der Waals surface area contributed by atoms with Crippen molar-refractivity contribution in [3.05, 3.63) is 34.3 Å². The van der Waals surface area contributed by atoms with E-state index in [1.165, 1.54) is 31.5 Å². The Morgan fingerprint density at radius 1 is 1.31 bits per heavy atom. The van der Waals surface area contributed by atoms with Gasteiger partial charge in [0.15, 0.2) is 0 Å². The first-order chi connectivity index (χ1) is 7.84. The maximum absolute atomic E-state index is 3.54. The molecule has 0 radical (unpaired) electrons. The SMILES string of the molecule is Brc1ccc(CNCC2CCCNC2)cc1. The zero-order chi connectivity index (χ0) is 11.2. The third-order valence-corrected chi connectivity index (χ3v) is 3.60. The number of nitrogens with one attached hydrogen (secondary N) is 2. The molecule has 2 N–H and O–H groups in total. The molecule has 1 aliphatic rings. The Morgan fingerprint density at radius 2 is 2.12 bits per heavy atom. The largest absolute Gasteiger partial charge is 0.316 e. The molecule has 0 bridgehead atoms. The van der Waals surface area contributed by atoms with Gasteiger partial charge in [0, 0.05) is 11.0 Å². The van der Waals surface area contributed by atoms with Crippen LogP contribution in [0.5, 0.6) is 0 Å². The van der Waals surface area contributed by atoms with Crippen LogP contribution in [0.15, 0.2) is 28.7 Å². The first kappa shape index (κ1) is 12.1. The lowest BCUT2D eigenvalue weighted by Gasteiger charge is -2.22. The van der Waals surface area contributed by atoms with Gasteiger partial charge in [-0.25, -0.2) is 0 Å². The summed E-state index contributed by atoms with van der Waals surface area (Å²) in [6, 6.07) is 8.52. The second-order valence-corrected chi connectivity index (χ2v) is 5.39. The molecule has 1 aromatic rings. The van der Waals surface area contributed by atoms with E-state index in [1.807, 2.05) is 0 Å². The van der Waals surface area contributed by atoms with Gasteiger partial charge >= 0.3 is 0 Å². The first-order valence-electron chi connectivity index (χ1n) is 6.00. The number of benzene rings is 1. The average Bonchev–Trinajstić information content (AvgIpc) is 2.33. The summed E-state index contributed by atoms with van der Waals surface area (Å²) in [7, 11) is 0. The molecule has 0 aliphatic carbocycles. The Balaban J connectivity index is 1.69. The number of hydrogen-bond acceptors (Lipinski definition) is 2. The van der Waals surface area contributed by atoms with Crippen LogP contribution >= 0.6 is 15.9 Å².